The van der Waals surface area contributed by atoms with Crippen LogP contribution in [0.3, 0.4) is 0 Å². The number of aromatic nitrogens is 1. The first-order chi connectivity index (χ1) is 7.27. The van der Waals surface area contributed by atoms with Gasteiger partial charge in [-0.3, -0.25) is 0 Å². The van der Waals surface area contributed by atoms with Gasteiger partial charge < -0.3 is 11.1 Å². The van der Waals surface area contributed by atoms with Crippen LogP contribution in [0, 0.1) is 0 Å². The third-order valence-corrected chi connectivity index (χ3v) is 3.55. The standard InChI is InChI=1S/C10H10BrN3S/c11-10-8(2-1-4-13-10)14-6-9-7(12)3-5-15-9/h1-5,14H,6,12H2. The van der Waals surface area contributed by atoms with Crippen molar-refractivity contribution in [2.24, 2.45) is 0 Å². The number of nitrogens with one attached hydrogen (secondary N) is 1. The Balaban J connectivity index is 2.06. The van der Waals surface area contributed by atoms with Crippen LogP contribution in [0.2, 0.25) is 0 Å². The van der Waals surface area contributed by atoms with Gasteiger partial charge in [-0.1, -0.05) is 0 Å². The van der Waals surface area contributed by atoms with Crippen molar-refractivity contribution in [3.63, 3.8) is 0 Å². The molecule has 0 bridgehead atoms. The summed E-state index contributed by atoms with van der Waals surface area (Å²) in [6.45, 7) is 0.730. The monoisotopic (exact) mass is 283 g/mol. The quantitative estimate of drug-likeness (QED) is 0.851. The molecule has 0 saturated carbocycles. The fourth-order valence-electron chi connectivity index (χ4n) is 1.19. The highest BCUT2D eigenvalue weighted by atomic mass is 79.9. The largest absolute Gasteiger partial charge is 0.398 e. The van der Waals surface area contributed by atoms with Gasteiger partial charge >= 0.3 is 0 Å². The number of pyridine rings is 1. The van der Waals surface area contributed by atoms with Crippen molar-refractivity contribution >= 4 is 38.6 Å². The summed E-state index contributed by atoms with van der Waals surface area (Å²) in [6.07, 6.45) is 1.74. The second-order valence-corrected chi connectivity index (χ2v) is 4.75. The van der Waals surface area contributed by atoms with E-state index in [1.807, 2.05) is 23.6 Å². The maximum Gasteiger partial charge on any atom is 0.129 e. The first-order valence-electron chi connectivity index (χ1n) is 4.43. The van der Waals surface area contributed by atoms with Crippen LogP contribution >= 0.6 is 27.3 Å². The minimum atomic E-state index is 0.730. The van der Waals surface area contributed by atoms with E-state index in [4.69, 9.17) is 5.73 Å². The highest BCUT2D eigenvalue weighted by Gasteiger charge is 2.02. The van der Waals surface area contributed by atoms with Gasteiger partial charge in [0, 0.05) is 16.8 Å². The van der Waals surface area contributed by atoms with Crippen molar-refractivity contribution in [2.75, 3.05) is 11.1 Å². The summed E-state index contributed by atoms with van der Waals surface area (Å²) >= 11 is 5.03. The molecule has 0 atom stereocenters. The lowest BCUT2D eigenvalue weighted by Gasteiger charge is -2.06. The number of nitrogen functional groups attached to an aromatic ring is 1. The van der Waals surface area contributed by atoms with E-state index in [1.54, 1.807) is 17.5 Å². The number of nitrogens with two attached hydrogens (primary N) is 1. The highest BCUT2D eigenvalue weighted by molar-refractivity contribution is 9.10. The predicted octanol–water partition coefficient (Wildman–Crippen LogP) is 3.10. The first kappa shape index (κ1) is 10.4. The Kier molecular flexibility index (Phi) is 3.23. The molecule has 3 N–H and O–H groups in total. The van der Waals surface area contributed by atoms with Crippen LogP contribution in [-0.4, -0.2) is 4.98 Å². The molecule has 0 fully saturated rings. The van der Waals surface area contributed by atoms with E-state index in [-0.39, 0.29) is 0 Å². The molecule has 0 unspecified atom stereocenters. The van der Waals surface area contributed by atoms with E-state index < -0.39 is 0 Å². The van der Waals surface area contributed by atoms with Gasteiger partial charge in [-0.25, -0.2) is 4.98 Å². The molecular weight excluding hydrogens is 274 g/mol. The summed E-state index contributed by atoms with van der Waals surface area (Å²) in [7, 11) is 0. The van der Waals surface area contributed by atoms with Gasteiger partial charge in [0.1, 0.15) is 4.60 Å². The molecule has 15 heavy (non-hydrogen) atoms. The van der Waals surface area contributed by atoms with E-state index in [2.05, 4.69) is 26.2 Å². The van der Waals surface area contributed by atoms with Crippen molar-refractivity contribution in [1.29, 1.82) is 0 Å². The zero-order valence-electron chi connectivity index (χ0n) is 7.90. The van der Waals surface area contributed by atoms with Crippen molar-refractivity contribution in [3.8, 4) is 0 Å². The molecule has 0 saturated heterocycles. The van der Waals surface area contributed by atoms with Crippen LogP contribution in [0.5, 0.6) is 0 Å². The van der Waals surface area contributed by atoms with Crippen molar-refractivity contribution in [1.82, 2.24) is 4.98 Å². The molecule has 2 rings (SSSR count). The molecule has 2 heterocycles. The van der Waals surface area contributed by atoms with E-state index in [0.29, 0.717) is 0 Å². The molecule has 2 aromatic heterocycles. The van der Waals surface area contributed by atoms with Gasteiger partial charge in [-0.05, 0) is 39.5 Å². The molecule has 78 valence electrons. The van der Waals surface area contributed by atoms with Gasteiger partial charge in [0.05, 0.1) is 12.2 Å². The Hall–Kier alpha value is -1.07. The van der Waals surface area contributed by atoms with E-state index >= 15 is 0 Å². The average molecular weight is 284 g/mol. The SMILES string of the molecule is Nc1ccsc1CNc1cccnc1Br. The highest BCUT2D eigenvalue weighted by Crippen LogP contribution is 2.23. The fourth-order valence-corrected chi connectivity index (χ4v) is 2.32. The van der Waals surface area contributed by atoms with Gasteiger partial charge in [-0.15, -0.1) is 11.3 Å². The fraction of sp³-hybridized carbons (Fsp3) is 0.100. The van der Waals surface area contributed by atoms with Crippen LogP contribution < -0.4 is 11.1 Å². The maximum atomic E-state index is 5.79. The topological polar surface area (TPSA) is 50.9 Å². The molecule has 0 aliphatic carbocycles. The molecule has 0 aliphatic rings. The Labute approximate surface area is 100 Å². The Bertz CT molecular complexity index is 455. The van der Waals surface area contributed by atoms with Crippen LogP contribution in [0.4, 0.5) is 11.4 Å². The Morgan fingerprint density at radius 3 is 3.00 bits per heavy atom. The van der Waals surface area contributed by atoms with Gasteiger partial charge in [-0.2, -0.15) is 0 Å². The third-order valence-electron chi connectivity index (χ3n) is 1.98. The molecule has 2 aromatic rings. The molecule has 3 nitrogen and oxygen atoms in total. The second-order valence-electron chi connectivity index (χ2n) is 2.99. The number of thiophene rings is 1. The molecule has 0 amide bonds. The number of rotatable bonds is 3. The minimum absolute atomic E-state index is 0.730. The minimum Gasteiger partial charge on any atom is -0.398 e. The number of anilines is 2. The summed E-state index contributed by atoms with van der Waals surface area (Å²) in [5.41, 5.74) is 7.60. The third kappa shape index (κ3) is 2.49. The molecule has 0 radical (unpaired) electrons. The number of nitrogens with zero attached hydrogens (tertiary/aromatic N) is 1. The number of hydrogen-bond acceptors (Lipinski definition) is 4. The summed E-state index contributed by atoms with van der Waals surface area (Å²) < 4.78 is 0.820. The van der Waals surface area contributed by atoms with E-state index in [9.17, 15) is 0 Å². The molecular formula is C10H10BrN3S. The van der Waals surface area contributed by atoms with Crippen molar-refractivity contribution < 1.29 is 0 Å². The smallest absolute Gasteiger partial charge is 0.129 e. The second kappa shape index (κ2) is 4.63. The van der Waals surface area contributed by atoms with Crippen LogP contribution in [0.15, 0.2) is 34.4 Å². The summed E-state index contributed by atoms with van der Waals surface area (Å²) in [6, 6.07) is 5.78. The number of hydrogen-bond donors (Lipinski definition) is 2. The lowest BCUT2D eigenvalue weighted by molar-refractivity contribution is 1.16. The summed E-state index contributed by atoms with van der Waals surface area (Å²) in [5, 5.41) is 5.27. The van der Waals surface area contributed by atoms with Crippen molar-refractivity contribution in [3.05, 3.63) is 39.3 Å². The summed E-state index contributed by atoms with van der Waals surface area (Å²) in [5.74, 6) is 0. The van der Waals surface area contributed by atoms with E-state index in [0.717, 1.165) is 27.4 Å². The molecule has 0 aliphatic heterocycles. The first-order valence-corrected chi connectivity index (χ1v) is 6.11. The number of halogens is 1. The maximum absolute atomic E-state index is 5.79. The Morgan fingerprint density at radius 2 is 2.33 bits per heavy atom. The molecule has 0 aromatic carbocycles. The van der Waals surface area contributed by atoms with Crippen LogP contribution in [-0.2, 0) is 6.54 Å². The lowest BCUT2D eigenvalue weighted by Crippen LogP contribution is -2.00. The average Bonchev–Trinajstić information content (AvgIpc) is 2.63. The summed E-state index contributed by atoms with van der Waals surface area (Å²) in [4.78, 5) is 5.27. The zero-order valence-corrected chi connectivity index (χ0v) is 10.3. The normalized spacial score (nSPS) is 10.2. The van der Waals surface area contributed by atoms with Gasteiger partial charge in [0.15, 0.2) is 0 Å². The van der Waals surface area contributed by atoms with Crippen molar-refractivity contribution in [2.45, 2.75) is 6.54 Å². The molecule has 0 spiro atoms. The lowest BCUT2D eigenvalue weighted by atomic mass is 10.3. The van der Waals surface area contributed by atoms with Gasteiger partial charge in [0.25, 0.3) is 0 Å². The Morgan fingerprint density at radius 1 is 1.47 bits per heavy atom. The molecule has 5 heteroatoms. The zero-order chi connectivity index (χ0) is 10.7. The van der Waals surface area contributed by atoms with E-state index in [1.165, 1.54) is 0 Å². The van der Waals surface area contributed by atoms with Crippen LogP contribution in [0.25, 0.3) is 0 Å². The predicted molar refractivity (Wildman–Crippen MR) is 68.0 cm³/mol. The van der Waals surface area contributed by atoms with Crippen LogP contribution in [0.1, 0.15) is 4.88 Å². The van der Waals surface area contributed by atoms with Gasteiger partial charge in [0.2, 0.25) is 0 Å².